The lowest BCUT2D eigenvalue weighted by Gasteiger charge is -2.25. The van der Waals surface area contributed by atoms with E-state index in [9.17, 15) is 41.1 Å². The van der Waals surface area contributed by atoms with Crippen molar-refractivity contribution < 1.29 is 41.1 Å². The molecule has 0 aliphatic heterocycles. The second kappa shape index (κ2) is 10.8. The van der Waals surface area contributed by atoms with Crippen LogP contribution in [0.15, 0.2) is 58.3 Å². The molecule has 180 valence electrons. The molecule has 33 heavy (non-hydrogen) atoms. The van der Waals surface area contributed by atoms with Crippen LogP contribution in [0.3, 0.4) is 0 Å². The third kappa shape index (κ3) is 7.55. The van der Waals surface area contributed by atoms with E-state index < -0.39 is 33.4 Å². The number of carbonyl (C=O) groups excluding carboxylic acids is 3. The van der Waals surface area contributed by atoms with Gasteiger partial charge in [-0.2, -0.15) is 13.2 Å². The lowest BCUT2D eigenvalue weighted by molar-refractivity contribution is -0.242. The van der Waals surface area contributed by atoms with Crippen LogP contribution in [-0.2, 0) is 24.2 Å². The summed E-state index contributed by atoms with van der Waals surface area (Å²) in [4.78, 5) is 32.3. The van der Waals surface area contributed by atoms with Crippen LogP contribution in [0.1, 0.15) is 20.8 Å². The summed E-state index contributed by atoms with van der Waals surface area (Å²) in [6.45, 7) is 2.66. The van der Waals surface area contributed by atoms with E-state index in [1.807, 2.05) is 5.32 Å². The highest BCUT2D eigenvalue weighted by molar-refractivity contribution is 7.91. The molecule has 0 fully saturated rings. The second-order valence-corrected chi connectivity index (χ2v) is 9.18. The van der Waals surface area contributed by atoms with Crippen LogP contribution in [0.2, 0.25) is 0 Å². The molecule has 2 rings (SSSR count). The van der Waals surface area contributed by atoms with E-state index in [0.717, 1.165) is 25.1 Å². The summed E-state index contributed by atoms with van der Waals surface area (Å²) in [5.41, 5.74) is -4.27. The van der Waals surface area contributed by atoms with Gasteiger partial charge in [0.25, 0.3) is 5.91 Å². The van der Waals surface area contributed by atoms with E-state index in [-0.39, 0.29) is 33.3 Å². The Kier molecular flexibility index (Phi) is 9.16. The maximum Gasteiger partial charge on any atom is 0.426 e. The molecular weight excluding hydrogens is 489 g/mol. The summed E-state index contributed by atoms with van der Waals surface area (Å²) in [6, 6.07) is 10.4. The van der Waals surface area contributed by atoms with Crippen molar-refractivity contribution in [3.05, 3.63) is 48.5 Å². The highest BCUT2D eigenvalue weighted by Crippen LogP contribution is 2.33. The number of alkyl halides is 3. The molecule has 1 unspecified atom stereocenters. The number of benzene rings is 2. The van der Waals surface area contributed by atoms with Crippen molar-refractivity contribution in [1.29, 1.82) is 0 Å². The quantitative estimate of drug-likeness (QED) is 0.530. The van der Waals surface area contributed by atoms with Gasteiger partial charge in [-0.1, -0.05) is 18.2 Å². The van der Waals surface area contributed by atoms with Crippen molar-refractivity contribution in [3.63, 3.8) is 0 Å². The highest BCUT2D eigenvalue weighted by Gasteiger charge is 2.55. The number of hydrogen-bond acceptors (Lipinski definition) is 6. The molecule has 0 radical (unpaired) electrons. The molecule has 0 saturated heterocycles. The van der Waals surface area contributed by atoms with Gasteiger partial charge in [0.15, 0.2) is 0 Å². The van der Waals surface area contributed by atoms with Crippen molar-refractivity contribution in [1.82, 2.24) is 0 Å². The molecule has 0 bridgehead atoms. The van der Waals surface area contributed by atoms with Gasteiger partial charge in [0.1, 0.15) is 0 Å². The van der Waals surface area contributed by atoms with Crippen LogP contribution in [0.4, 0.5) is 24.5 Å². The normalized spacial score (nSPS) is 13.1. The Morgan fingerprint density at radius 2 is 1.42 bits per heavy atom. The number of anilines is 2. The van der Waals surface area contributed by atoms with Gasteiger partial charge in [-0.25, -0.2) is 8.42 Å². The molecule has 0 saturated carbocycles. The molecular formula is C20H20ClF3N2O6S. The summed E-state index contributed by atoms with van der Waals surface area (Å²) in [5, 5.41) is 13.2. The number of amides is 2. The minimum atomic E-state index is -5.25. The van der Waals surface area contributed by atoms with Gasteiger partial charge in [-0.3, -0.25) is 14.4 Å². The summed E-state index contributed by atoms with van der Waals surface area (Å²) in [6.07, 6.45) is -5.25. The molecule has 0 aliphatic rings. The van der Waals surface area contributed by atoms with E-state index in [4.69, 9.17) is 0 Å². The zero-order chi connectivity index (χ0) is 25.6. The average molecular weight is 509 g/mol. The fourth-order valence-corrected chi connectivity index (χ4v) is 3.51. The van der Waals surface area contributed by atoms with Crippen molar-refractivity contribution in [2.75, 3.05) is 10.6 Å². The summed E-state index contributed by atoms with van der Waals surface area (Å²) >= 11 is 4.64. The molecule has 0 aliphatic carbocycles. The van der Waals surface area contributed by atoms with Crippen molar-refractivity contribution >= 4 is 49.9 Å². The lowest BCUT2D eigenvalue weighted by atomic mass is 10.1. The molecule has 2 aromatic carbocycles. The van der Waals surface area contributed by atoms with E-state index in [1.165, 1.54) is 31.2 Å². The fourth-order valence-electron chi connectivity index (χ4n) is 2.20. The van der Waals surface area contributed by atoms with Crippen molar-refractivity contribution in [2.45, 2.75) is 42.3 Å². The van der Waals surface area contributed by atoms with Crippen LogP contribution in [0, 0.1) is 0 Å². The van der Waals surface area contributed by atoms with Gasteiger partial charge in [0.2, 0.25) is 26.6 Å². The highest BCUT2D eigenvalue weighted by atomic mass is 35.5. The van der Waals surface area contributed by atoms with Gasteiger partial charge in [0, 0.05) is 13.8 Å². The van der Waals surface area contributed by atoms with E-state index in [1.54, 1.807) is 6.07 Å². The summed E-state index contributed by atoms with van der Waals surface area (Å²) < 4.78 is 64.0. The predicted molar refractivity (Wildman–Crippen MR) is 114 cm³/mol. The first-order chi connectivity index (χ1) is 15.0. The molecule has 13 heteroatoms. The van der Waals surface area contributed by atoms with Crippen molar-refractivity contribution in [2.24, 2.45) is 0 Å². The number of halogens is 4. The second-order valence-electron chi connectivity index (χ2n) is 6.70. The average Bonchev–Trinajstić information content (AvgIpc) is 2.68. The smallest absolute Gasteiger partial charge is 0.373 e. The third-order valence-electron chi connectivity index (χ3n) is 3.91. The van der Waals surface area contributed by atoms with Crippen LogP contribution < -0.4 is 10.6 Å². The standard InChI is InChI=1S/C18H17F3N2O5S.C2H3ClO/c1-11(24)22-15-10-13(29(27,28)12-6-4-3-5-7-12)8-9-14(15)23-16(25)17(2,26)18(19,20)21;1-2(3)4/h3-10,26H,1-2H3,(H,22,24)(H,23,25);1H3. The summed E-state index contributed by atoms with van der Waals surface area (Å²) in [7, 11) is -3.99. The number of carbonyl (C=O) groups is 3. The molecule has 2 aromatic rings. The number of rotatable bonds is 5. The molecule has 0 heterocycles. The Morgan fingerprint density at radius 3 is 1.88 bits per heavy atom. The summed E-state index contributed by atoms with van der Waals surface area (Å²) in [5.74, 6) is -2.45. The fraction of sp³-hybridized carbons (Fsp3) is 0.250. The number of aliphatic hydroxyl groups is 1. The topological polar surface area (TPSA) is 130 Å². The molecule has 0 aromatic heterocycles. The Hall–Kier alpha value is -2.96. The Balaban J connectivity index is 0.00000125. The van der Waals surface area contributed by atoms with Crippen LogP contribution >= 0.6 is 11.6 Å². The molecule has 8 nitrogen and oxygen atoms in total. The molecule has 3 N–H and O–H groups in total. The predicted octanol–water partition coefficient (Wildman–Crippen LogP) is 3.50. The van der Waals surface area contributed by atoms with Gasteiger partial charge >= 0.3 is 6.18 Å². The number of nitrogens with one attached hydrogen (secondary N) is 2. The van der Waals surface area contributed by atoms with Gasteiger partial charge < -0.3 is 15.7 Å². The minimum Gasteiger partial charge on any atom is -0.373 e. The van der Waals surface area contributed by atoms with E-state index in [2.05, 4.69) is 16.9 Å². The van der Waals surface area contributed by atoms with Crippen LogP contribution in [-0.4, -0.2) is 42.4 Å². The van der Waals surface area contributed by atoms with Crippen molar-refractivity contribution in [3.8, 4) is 0 Å². The molecule has 0 spiro atoms. The molecule has 2 amide bonds. The Morgan fingerprint density at radius 1 is 0.909 bits per heavy atom. The van der Waals surface area contributed by atoms with Crippen LogP contribution in [0.25, 0.3) is 0 Å². The van der Waals surface area contributed by atoms with Gasteiger partial charge in [-0.05, 0) is 48.9 Å². The van der Waals surface area contributed by atoms with E-state index >= 15 is 0 Å². The monoisotopic (exact) mass is 508 g/mol. The minimum absolute atomic E-state index is 0.0365. The first-order valence-electron chi connectivity index (χ1n) is 8.98. The maximum absolute atomic E-state index is 12.8. The third-order valence-corrected chi connectivity index (χ3v) is 5.68. The largest absolute Gasteiger partial charge is 0.426 e. The Labute approximate surface area is 192 Å². The Bertz CT molecular complexity index is 1130. The SMILES string of the molecule is CC(=O)Cl.CC(=O)Nc1cc(S(=O)(=O)c2ccccc2)ccc1NC(=O)C(C)(O)C(F)(F)F. The number of hydrogen-bond donors (Lipinski definition) is 3. The first-order valence-corrected chi connectivity index (χ1v) is 10.8. The molecule has 1 atom stereocenters. The zero-order valence-electron chi connectivity index (χ0n) is 17.5. The zero-order valence-corrected chi connectivity index (χ0v) is 19.1. The van der Waals surface area contributed by atoms with E-state index in [0.29, 0.717) is 0 Å². The van der Waals surface area contributed by atoms with Gasteiger partial charge in [-0.15, -0.1) is 0 Å². The number of sulfone groups is 1. The first kappa shape index (κ1) is 28.1. The maximum atomic E-state index is 12.8. The van der Waals surface area contributed by atoms with Gasteiger partial charge in [0.05, 0.1) is 21.2 Å². The lowest BCUT2D eigenvalue weighted by Crippen LogP contribution is -2.52. The van der Waals surface area contributed by atoms with Crippen LogP contribution in [0.5, 0.6) is 0 Å².